The third-order valence-corrected chi connectivity index (χ3v) is 4.99. The fraction of sp³-hybridized carbons (Fsp3) is 0.667. The molecule has 5 nitrogen and oxygen atoms in total. The van der Waals surface area contributed by atoms with Crippen LogP contribution in [-0.4, -0.2) is 85.4 Å². The molecule has 1 atom stereocenters. The summed E-state index contributed by atoms with van der Waals surface area (Å²) in [4.78, 5) is 7.65. The smallest absolute Gasteiger partial charge is 0.119 e. The lowest BCUT2D eigenvalue weighted by Gasteiger charge is -2.36. The second-order valence-electron chi connectivity index (χ2n) is 6.73. The zero-order valence-corrected chi connectivity index (χ0v) is 14.2. The second kappa shape index (κ2) is 8.11. The summed E-state index contributed by atoms with van der Waals surface area (Å²) in [5.74, 6) is 0.833. The van der Waals surface area contributed by atoms with Crippen LogP contribution in [0.4, 0.5) is 0 Å². The van der Waals surface area contributed by atoms with Gasteiger partial charge in [0, 0.05) is 51.9 Å². The molecule has 0 aliphatic carbocycles. The molecule has 0 unspecified atom stereocenters. The van der Waals surface area contributed by atoms with E-state index in [1.807, 2.05) is 12.1 Å². The molecule has 1 N–H and O–H groups in total. The number of likely N-dealkylation sites (tertiary alicyclic amines) is 1. The van der Waals surface area contributed by atoms with Crippen molar-refractivity contribution >= 4 is 0 Å². The van der Waals surface area contributed by atoms with E-state index in [0.717, 1.165) is 18.3 Å². The fourth-order valence-corrected chi connectivity index (χ4v) is 3.55. The summed E-state index contributed by atoms with van der Waals surface area (Å²) in [6.45, 7) is 8.65. The number of ether oxygens (including phenoxy) is 1. The van der Waals surface area contributed by atoms with E-state index in [1.54, 1.807) is 0 Å². The van der Waals surface area contributed by atoms with Crippen LogP contribution in [0.5, 0.6) is 5.75 Å². The molecule has 0 amide bonds. The van der Waals surface area contributed by atoms with E-state index in [-0.39, 0.29) is 6.61 Å². The Hall–Kier alpha value is -1.14. The zero-order chi connectivity index (χ0) is 16.1. The molecule has 0 saturated carbocycles. The molecule has 0 radical (unpaired) electrons. The van der Waals surface area contributed by atoms with Gasteiger partial charge in [0.1, 0.15) is 12.4 Å². The van der Waals surface area contributed by atoms with Gasteiger partial charge in [-0.3, -0.25) is 9.80 Å². The largest absolute Gasteiger partial charge is 0.491 e. The van der Waals surface area contributed by atoms with Gasteiger partial charge in [0.2, 0.25) is 0 Å². The van der Waals surface area contributed by atoms with Crippen molar-refractivity contribution in [1.29, 1.82) is 0 Å². The van der Waals surface area contributed by atoms with E-state index < -0.39 is 0 Å². The average Bonchev–Trinajstić information content (AvgIpc) is 3.03. The van der Waals surface area contributed by atoms with Gasteiger partial charge >= 0.3 is 0 Å². The van der Waals surface area contributed by atoms with Crippen molar-refractivity contribution in [2.45, 2.75) is 19.0 Å². The van der Waals surface area contributed by atoms with Crippen LogP contribution in [-0.2, 0) is 6.54 Å². The van der Waals surface area contributed by atoms with Crippen molar-refractivity contribution in [2.75, 3.05) is 59.5 Å². The standard InChI is InChI=1S/C18H29N3O2/c1-19-8-10-21(11-9-19)17-6-7-20(15-17)14-16-2-4-18(5-3-16)23-13-12-22/h2-5,17,22H,6-15H2,1H3/t17-/m1/s1. The third-order valence-electron chi connectivity index (χ3n) is 4.99. The molecule has 23 heavy (non-hydrogen) atoms. The number of nitrogens with zero attached hydrogens (tertiary/aromatic N) is 3. The van der Waals surface area contributed by atoms with Crippen molar-refractivity contribution in [1.82, 2.24) is 14.7 Å². The van der Waals surface area contributed by atoms with E-state index in [2.05, 4.69) is 33.9 Å². The quantitative estimate of drug-likeness (QED) is 0.843. The van der Waals surface area contributed by atoms with Crippen LogP contribution < -0.4 is 4.74 Å². The van der Waals surface area contributed by atoms with E-state index in [9.17, 15) is 0 Å². The van der Waals surface area contributed by atoms with Gasteiger partial charge in [-0.1, -0.05) is 12.1 Å². The number of piperazine rings is 1. The summed E-state index contributed by atoms with van der Waals surface area (Å²) in [7, 11) is 2.21. The zero-order valence-electron chi connectivity index (χ0n) is 14.2. The Morgan fingerprint density at radius 1 is 1.09 bits per heavy atom. The molecule has 2 aliphatic heterocycles. The predicted octanol–water partition coefficient (Wildman–Crippen LogP) is 0.879. The third kappa shape index (κ3) is 4.67. The molecule has 5 heteroatoms. The predicted molar refractivity (Wildman–Crippen MR) is 91.8 cm³/mol. The lowest BCUT2D eigenvalue weighted by Crippen LogP contribution is -2.49. The lowest BCUT2D eigenvalue weighted by molar-refractivity contribution is 0.112. The minimum Gasteiger partial charge on any atom is -0.491 e. The maximum atomic E-state index is 8.78. The molecule has 2 aliphatic rings. The average molecular weight is 319 g/mol. The van der Waals surface area contributed by atoms with Gasteiger partial charge in [-0.15, -0.1) is 0 Å². The molecule has 2 fully saturated rings. The lowest BCUT2D eigenvalue weighted by atomic mass is 10.2. The second-order valence-corrected chi connectivity index (χ2v) is 6.73. The molecular formula is C18H29N3O2. The van der Waals surface area contributed by atoms with E-state index in [4.69, 9.17) is 9.84 Å². The van der Waals surface area contributed by atoms with Crippen molar-refractivity contribution in [2.24, 2.45) is 0 Å². The highest BCUT2D eigenvalue weighted by Gasteiger charge is 2.29. The molecule has 1 aromatic carbocycles. The minimum absolute atomic E-state index is 0.0587. The molecule has 1 aromatic rings. The molecule has 128 valence electrons. The molecular weight excluding hydrogens is 290 g/mol. The molecule has 3 rings (SSSR count). The first kappa shape index (κ1) is 16.7. The normalized spacial score (nSPS) is 24.2. The summed E-state index contributed by atoms with van der Waals surface area (Å²) >= 11 is 0. The van der Waals surface area contributed by atoms with Crippen LogP contribution in [0.3, 0.4) is 0 Å². The Labute approximate surface area is 139 Å². The van der Waals surface area contributed by atoms with Crippen LogP contribution in [0.25, 0.3) is 0 Å². The summed E-state index contributed by atoms with van der Waals surface area (Å²) in [6, 6.07) is 9.00. The van der Waals surface area contributed by atoms with Crippen LogP contribution >= 0.6 is 0 Å². The topological polar surface area (TPSA) is 39.2 Å². The van der Waals surface area contributed by atoms with Crippen LogP contribution in [0, 0.1) is 0 Å². The Morgan fingerprint density at radius 3 is 2.52 bits per heavy atom. The number of aliphatic hydroxyl groups excluding tert-OH is 1. The van der Waals surface area contributed by atoms with Crippen molar-refractivity contribution < 1.29 is 9.84 Å². The summed E-state index contributed by atoms with van der Waals surface area (Å²) in [5.41, 5.74) is 1.33. The number of likely N-dealkylation sites (N-methyl/N-ethyl adjacent to an activating group) is 1. The number of rotatable bonds is 6. The number of benzene rings is 1. The van der Waals surface area contributed by atoms with Gasteiger partial charge in [0.25, 0.3) is 0 Å². The van der Waals surface area contributed by atoms with E-state index in [0.29, 0.717) is 6.61 Å². The van der Waals surface area contributed by atoms with Crippen LogP contribution in [0.2, 0.25) is 0 Å². The highest BCUT2D eigenvalue weighted by atomic mass is 16.5. The van der Waals surface area contributed by atoms with E-state index in [1.165, 1.54) is 51.3 Å². The number of aliphatic hydroxyl groups is 1. The van der Waals surface area contributed by atoms with Crippen LogP contribution in [0.15, 0.2) is 24.3 Å². The van der Waals surface area contributed by atoms with Gasteiger partial charge in [-0.25, -0.2) is 0 Å². The first-order valence-electron chi connectivity index (χ1n) is 8.72. The van der Waals surface area contributed by atoms with Gasteiger partial charge in [0.05, 0.1) is 6.61 Å². The van der Waals surface area contributed by atoms with Gasteiger partial charge in [-0.2, -0.15) is 0 Å². The Morgan fingerprint density at radius 2 is 1.83 bits per heavy atom. The molecule has 2 heterocycles. The Bertz CT molecular complexity index is 472. The molecule has 0 bridgehead atoms. The SMILES string of the molecule is CN1CCN([C@@H]2CCN(Cc3ccc(OCCO)cc3)C2)CC1. The van der Waals surface area contributed by atoms with Crippen molar-refractivity contribution in [3.63, 3.8) is 0 Å². The van der Waals surface area contributed by atoms with Crippen LogP contribution in [0.1, 0.15) is 12.0 Å². The molecule has 2 saturated heterocycles. The van der Waals surface area contributed by atoms with Gasteiger partial charge in [-0.05, 0) is 31.2 Å². The minimum atomic E-state index is 0.0587. The van der Waals surface area contributed by atoms with Crippen molar-refractivity contribution in [3.8, 4) is 5.75 Å². The maximum Gasteiger partial charge on any atom is 0.119 e. The summed E-state index contributed by atoms with van der Waals surface area (Å²) in [5, 5.41) is 8.78. The maximum absolute atomic E-state index is 8.78. The first-order chi connectivity index (χ1) is 11.2. The Kier molecular flexibility index (Phi) is 5.89. The molecule has 0 spiro atoms. The van der Waals surface area contributed by atoms with Crippen molar-refractivity contribution in [3.05, 3.63) is 29.8 Å². The highest BCUT2D eigenvalue weighted by Crippen LogP contribution is 2.20. The summed E-state index contributed by atoms with van der Waals surface area (Å²) in [6.07, 6.45) is 1.29. The summed E-state index contributed by atoms with van der Waals surface area (Å²) < 4.78 is 5.41. The fourth-order valence-electron chi connectivity index (χ4n) is 3.55. The number of hydrogen-bond acceptors (Lipinski definition) is 5. The monoisotopic (exact) mass is 319 g/mol. The Balaban J connectivity index is 1.46. The first-order valence-corrected chi connectivity index (χ1v) is 8.72. The van der Waals surface area contributed by atoms with Gasteiger partial charge < -0.3 is 14.7 Å². The van der Waals surface area contributed by atoms with E-state index >= 15 is 0 Å². The molecule has 0 aromatic heterocycles. The number of hydrogen-bond donors (Lipinski definition) is 1. The van der Waals surface area contributed by atoms with Gasteiger partial charge in [0.15, 0.2) is 0 Å². The highest BCUT2D eigenvalue weighted by molar-refractivity contribution is 5.27.